The first-order valence-electron chi connectivity index (χ1n) is 6.88. The van der Waals surface area contributed by atoms with E-state index in [4.69, 9.17) is 9.47 Å². The highest BCUT2D eigenvalue weighted by Gasteiger charge is 2.61. The molecule has 0 radical (unpaired) electrons. The fourth-order valence-electron chi connectivity index (χ4n) is 2.31. The van der Waals surface area contributed by atoms with Crippen molar-refractivity contribution >= 4 is 11.9 Å². The van der Waals surface area contributed by atoms with Crippen LogP contribution in [0.3, 0.4) is 0 Å². The number of hydrogen-bond donors (Lipinski definition) is 0. The molecule has 1 rings (SSSR count). The van der Waals surface area contributed by atoms with Gasteiger partial charge in [-0.2, -0.15) is 0 Å². The molecule has 4 nitrogen and oxygen atoms in total. The first kappa shape index (κ1) is 15.7. The van der Waals surface area contributed by atoms with Crippen LogP contribution in [0.5, 0.6) is 0 Å². The summed E-state index contributed by atoms with van der Waals surface area (Å²) < 4.78 is 10.1. The van der Waals surface area contributed by atoms with Crippen LogP contribution in [0.2, 0.25) is 0 Å². The third kappa shape index (κ3) is 3.58. The lowest BCUT2D eigenvalue weighted by molar-refractivity contribution is -0.146. The van der Waals surface area contributed by atoms with Gasteiger partial charge < -0.3 is 9.47 Å². The van der Waals surface area contributed by atoms with Crippen molar-refractivity contribution in [2.24, 2.45) is 17.3 Å². The smallest absolute Gasteiger partial charge is 0.333 e. The maximum absolute atomic E-state index is 11.9. The second-order valence-electron chi connectivity index (χ2n) is 5.56. The lowest BCUT2D eigenvalue weighted by Gasteiger charge is -2.03. The predicted octanol–water partition coefficient (Wildman–Crippen LogP) is 2.72. The molecule has 0 bridgehead atoms. The molecule has 1 saturated carbocycles. The number of ether oxygens (including phenoxy) is 2. The molecular weight excluding hydrogens is 244 g/mol. The van der Waals surface area contributed by atoms with E-state index in [1.165, 1.54) is 0 Å². The monoisotopic (exact) mass is 268 g/mol. The van der Waals surface area contributed by atoms with Gasteiger partial charge in [-0.3, -0.25) is 4.79 Å². The highest BCUT2D eigenvalue weighted by Crippen LogP contribution is 2.59. The van der Waals surface area contributed by atoms with Crippen LogP contribution >= 0.6 is 0 Å². The fraction of sp³-hybridized carbons (Fsp3) is 0.733. The fourth-order valence-corrected chi connectivity index (χ4v) is 2.31. The summed E-state index contributed by atoms with van der Waals surface area (Å²) in [6.07, 6.45) is 2.66. The second-order valence-corrected chi connectivity index (χ2v) is 5.56. The van der Waals surface area contributed by atoms with Gasteiger partial charge in [0.05, 0.1) is 19.1 Å². The molecule has 0 aromatic rings. The molecule has 0 aromatic carbocycles. The number of carbonyl (C=O) groups excluding carboxylic acids is 2. The summed E-state index contributed by atoms with van der Waals surface area (Å²) >= 11 is 0. The number of carbonyl (C=O) groups is 2. The number of allylic oxidation sites excluding steroid dienone is 1. The maximum Gasteiger partial charge on any atom is 0.333 e. The second kappa shape index (κ2) is 6.22. The summed E-state index contributed by atoms with van der Waals surface area (Å²) in [5.41, 5.74) is 0.421. The van der Waals surface area contributed by atoms with E-state index < -0.39 is 0 Å². The Balaban J connectivity index is 2.67. The third-order valence-corrected chi connectivity index (χ3v) is 3.64. The van der Waals surface area contributed by atoms with Crippen molar-refractivity contribution in [2.45, 2.75) is 41.0 Å². The molecule has 19 heavy (non-hydrogen) atoms. The molecule has 0 spiro atoms. The summed E-state index contributed by atoms with van der Waals surface area (Å²) in [5, 5.41) is 0. The molecule has 0 amide bonds. The molecule has 0 heterocycles. The minimum atomic E-state index is -0.314. The van der Waals surface area contributed by atoms with Crippen LogP contribution in [0.15, 0.2) is 11.6 Å². The van der Waals surface area contributed by atoms with Gasteiger partial charge in [-0.25, -0.2) is 4.79 Å². The zero-order valence-corrected chi connectivity index (χ0v) is 12.5. The minimum Gasteiger partial charge on any atom is -0.465 e. The van der Waals surface area contributed by atoms with Gasteiger partial charge >= 0.3 is 11.9 Å². The Morgan fingerprint density at radius 2 is 1.84 bits per heavy atom. The van der Waals surface area contributed by atoms with Crippen molar-refractivity contribution in [3.63, 3.8) is 0 Å². The SMILES string of the molecule is CCCOC(=O)C1C(C=C(C)C(=O)OCC)C1(C)C. The van der Waals surface area contributed by atoms with Gasteiger partial charge in [0.1, 0.15) is 0 Å². The van der Waals surface area contributed by atoms with Crippen molar-refractivity contribution < 1.29 is 19.1 Å². The lowest BCUT2D eigenvalue weighted by atomic mass is 10.1. The Morgan fingerprint density at radius 1 is 1.21 bits per heavy atom. The van der Waals surface area contributed by atoms with E-state index in [1.807, 2.05) is 26.8 Å². The standard InChI is InChI=1S/C15H24O4/c1-6-8-19-14(17)12-11(15(12,4)5)9-10(3)13(16)18-7-2/h9,11-12H,6-8H2,1-5H3. The third-order valence-electron chi connectivity index (χ3n) is 3.64. The Morgan fingerprint density at radius 3 is 2.37 bits per heavy atom. The van der Waals surface area contributed by atoms with E-state index in [2.05, 4.69) is 0 Å². The van der Waals surface area contributed by atoms with Crippen LogP contribution in [-0.2, 0) is 19.1 Å². The van der Waals surface area contributed by atoms with Gasteiger partial charge in [-0.05, 0) is 31.6 Å². The van der Waals surface area contributed by atoms with E-state index in [0.717, 1.165) is 6.42 Å². The van der Waals surface area contributed by atoms with Gasteiger partial charge in [0.25, 0.3) is 0 Å². The van der Waals surface area contributed by atoms with Gasteiger partial charge in [-0.1, -0.05) is 26.8 Å². The molecular formula is C15H24O4. The molecule has 0 aliphatic heterocycles. The van der Waals surface area contributed by atoms with Crippen LogP contribution in [0.1, 0.15) is 41.0 Å². The number of esters is 2. The van der Waals surface area contributed by atoms with E-state index in [9.17, 15) is 9.59 Å². The van der Waals surface area contributed by atoms with Gasteiger partial charge in [0, 0.05) is 5.57 Å². The van der Waals surface area contributed by atoms with Gasteiger partial charge in [0.15, 0.2) is 0 Å². The van der Waals surface area contributed by atoms with Crippen molar-refractivity contribution in [1.29, 1.82) is 0 Å². The van der Waals surface area contributed by atoms with Crippen LogP contribution in [-0.4, -0.2) is 25.2 Å². The normalized spacial score (nSPS) is 24.8. The topological polar surface area (TPSA) is 52.6 Å². The summed E-state index contributed by atoms with van der Waals surface area (Å²) in [6, 6.07) is 0. The molecule has 2 unspecified atom stereocenters. The van der Waals surface area contributed by atoms with Gasteiger partial charge in [-0.15, -0.1) is 0 Å². The van der Waals surface area contributed by atoms with Gasteiger partial charge in [0.2, 0.25) is 0 Å². The minimum absolute atomic E-state index is 0.0567. The zero-order chi connectivity index (χ0) is 14.6. The first-order chi connectivity index (χ1) is 8.86. The van der Waals surface area contributed by atoms with E-state index >= 15 is 0 Å². The molecule has 0 N–H and O–H groups in total. The van der Waals surface area contributed by atoms with Crippen molar-refractivity contribution in [3.8, 4) is 0 Å². The number of hydrogen-bond acceptors (Lipinski definition) is 4. The molecule has 1 aliphatic carbocycles. The Bertz CT molecular complexity index is 382. The van der Waals surface area contributed by atoms with Crippen LogP contribution < -0.4 is 0 Å². The average Bonchev–Trinajstić information content (AvgIpc) is 2.88. The lowest BCUT2D eigenvalue weighted by Crippen LogP contribution is -2.11. The summed E-state index contributed by atoms with van der Waals surface area (Å²) in [4.78, 5) is 23.5. The summed E-state index contributed by atoms with van der Waals surface area (Å²) in [6.45, 7) is 10.3. The Kier molecular flexibility index (Phi) is 5.15. The summed E-state index contributed by atoms with van der Waals surface area (Å²) in [5.74, 6) is -0.569. The Hall–Kier alpha value is -1.32. The van der Waals surface area contributed by atoms with Crippen molar-refractivity contribution in [1.82, 2.24) is 0 Å². The maximum atomic E-state index is 11.9. The molecule has 0 saturated heterocycles. The molecule has 2 atom stereocenters. The molecule has 4 heteroatoms. The molecule has 0 aromatic heterocycles. The van der Waals surface area contributed by atoms with Crippen LogP contribution in [0.4, 0.5) is 0 Å². The van der Waals surface area contributed by atoms with Crippen molar-refractivity contribution in [3.05, 3.63) is 11.6 Å². The van der Waals surface area contributed by atoms with Crippen LogP contribution in [0, 0.1) is 17.3 Å². The molecule has 1 aliphatic rings. The van der Waals surface area contributed by atoms with E-state index in [-0.39, 0.29) is 29.2 Å². The highest BCUT2D eigenvalue weighted by atomic mass is 16.5. The van der Waals surface area contributed by atoms with Crippen LogP contribution in [0.25, 0.3) is 0 Å². The largest absolute Gasteiger partial charge is 0.465 e. The van der Waals surface area contributed by atoms with E-state index in [1.54, 1.807) is 13.8 Å². The molecule has 108 valence electrons. The average molecular weight is 268 g/mol. The highest BCUT2D eigenvalue weighted by molar-refractivity contribution is 5.88. The predicted molar refractivity (Wildman–Crippen MR) is 72.4 cm³/mol. The first-order valence-corrected chi connectivity index (χ1v) is 6.88. The van der Waals surface area contributed by atoms with E-state index in [0.29, 0.717) is 18.8 Å². The molecule has 1 fully saturated rings. The number of rotatable bonds is 6. The van der Waals surface area contributed by atoms with Crippen molar-refractivity contribution in [2.75, 3.05) is 13.2 Å². The Labute approximate surface area is 115 Å². The summed E-state index contributed by atoms with van der Waals surface area (Å²) in [7, 11) is 0. The zero-order valence-electron chi connectivity index (χ0n) is 12.5. The quantitative estimate of drug-likeness (QED) is 0.549.